The number of rotatable bonds is 9. The van der Waals surface area contributed by atoms with Crippen molar-refractivity contribution in [1.29, 1.82) is 0 Å². The van der Waals surface area contributed by atoms with Gasteiger partial charge in [0.25, 0.3) is 0 Å². The van der Waals surface area contributed by atoms with Crippen molar-refractivity contribution in [2.75, 3.05) is 5.75 Å². The number of halogens is 1. The van der Waals surface area contributed by atoms with Crippen molar-refractivity contribution < 1.29 is 14.4 Å². The number of Topliss-reactive ketones (excluding diaryl/α,β-unsaturated/α-hetero) is 1. The van der Waals surface area contributed by atoms with Gasteiger partial charge >= 0.3 is 0 Å². The standard InChI is InChI=1S/C20H17ClO3S2/c21-19(23)16(13-26-20(24)15-9-5-2-6-10-15)18(25)12-11-17(22)14-7-3-1-4-8-14/h1-10,16H,11-13H2/t16-/m0/s1. The van der Waals surface area contributed by atoms with Crippen molar-refractivity contribution >= 4 is 56.6 Å². The van der Waals surface area contributed by atoms with Crippen molar-refractivity contribution in [2.45, 2.75) is 12.8 Å². The minimum atomic E-state index is -0.729. The molecule has 2 rings (SSSR count). The van der Waals surface area contributed by atoms with Gasteiger partial charge in [-0.1, -0.05) is 84.6 Å². The monoisotopic (exact) mass is 404 g/mol. The van der Waals surface area contributed by atoms with E-state index in [0.29, 0.717) is 16.0 Å². The molecule has 0 radical (unpaired) electrons. The van der Waals surface area contributed by atoms with Crippen LogP contribution in [0.25, 0.3) is 0 Å². The third-order valence-electron chi connectivity index (χ3n) is 3.75. The summed E-state index contributed by atoms with van der Waals surface area (Å²) in [6.07, 6.45) is 0.493. The van der Waals surface area contributed by atoms with Crippen molar-refractivity contribution in [2.24, 2.45) is 5.92 Å². The first-order chi connectivity index (χ1) is 12.5. The van der Waals surface area contributed by atoms with E-state index in [1.54, 1.807) is 48.5 Å². The smallest absolute Gasteiger partial charge is 0.230 e. The fourth-order valence-corrected chi connectivity index (χ4v) is 4.02. The quantitative estimate of drug-likeness (QED) is 0.335. The van der Waals surface area contributed by atoms with E-state index in [1.807, 2.05) is 12.1 Å². The summed E-state index contributed by atoms with van der Waals surface area (Å²) < 4.78 is 0. The molecule has 26 heavy (non-hydrogen) atoms. The first kappa shape index (κ1) is 20.5. The van der Waals surface area contributed by atoms with E-state index in [0.717, 1.165) is 11.8 Å². The molecule has 134 valence electrons. The predicted molar refractivity (Wildman–Crippen MR) is 110 cm³/mol. The zero-order chi connectivity index (χ0) is 18.9. The largest absolute Gasteiger partial charge is 0.294 e. The molecule has 0 saturated carbocycles. The van der Waals surface area contributed by atoms with Gasteiger partial charge in [-0.05, 0) is 18.0 Å². The van der Waals surface area contributed by atoms with Crippen LogP contribution in [0.15, 0.2) is 60.7 Å². The second kappa shape index (κ2) is 10.4. The van der Waals surface area contributed by atoms with Gasteiger partial charge in [0.1, 0.15) is 0 Å². The van der Waals surface area contributed by atoms with Crippen molar-refractivity contribution in [3.8, 4) is 0 Å². The summed E-state index contributed by atoms with van der Waals surface area (Å²) in [6, 6.07) is 17.7. The van der Waals surface area contributed by atoms with E-state index in [4.69, 9.17) is 23.8 Å². The van der Waals surface area contributed by atoms with Crippen LogP contribution in [0.5, 0.6) is 0 Å². The number of thiocarbonyl (C=S) groups is 1. The molecule has 3 nitrogen and oxygen atoms in total. The molecule has 0 aromatic heterocycles. The lowest BCUT2D eigenvalue weighted by atomic mass is 10.0. The van der Waals surface area contributed by atoms with Crippen LogP contribution in [0, 0.1) is 5.92 Å². The van der Waals surface area contributed by atoms with Crippen LogP contribution in [0.3, 0.4) is 0 Å². The average Bonchev–Trinajstić information content (AvgIpc) is 2.67. The first-order valence-electron chi connectivity index (χ1n) is 8.01. The van der Waals surface area contributed by atoms with Gasteiger partial charge in [-0.15, -0.1) is 0 Å². The van der Waals surface area contributed by atoms with Crippen LogP contribution < -0.4 is 0 Å². The van der Waals surface area contributed by atoms with Crippen LogP contribution in [0.2, 0.25) is 0 Å². The first-order valence-corrected chi connectivity index (χ1v) is 9.78. The van der Waals surface area contributed by atoms with Gasteiger partial charge in [0.15, 0.2) is 5.78 Å². The highest BCUT2D eigenvalue weighted by Crippen LogP contribution is 2.21. The zero-order valence-electron chi connectivity index (χ0n) is 13.9. The molecule has 0 bridgehead atoms. The maximum Gasteiger partial charge on any atom is 0.230 e. The van der Waals surface area contributed by atoms with Gasteiger partial charge in [-0.3, -0.25) is 14.4 Å². The second-order valence-corrected chi connectivity index (χ2v) is 7.47. The number of ketones is 1. The number of benzene rings is 2. The zero-order valence-corrected chi connectivity index (χ0v) is 16.3. The van der Waals surface area contributed by atoms with Crippen LogP contribution in [-0.2, 0) is 4.79 Å². The normalized spacial score (nSPS) is 11.6. The molecule has 0 aliphatic rings. The van der Waals surface area contributed by atoms with Gasteiger partial charge in [0.2, 0.25) is 10.4 Å². The van der Waals surface area contributed by atoms with E-state index in [-0.39, 0.29) is 29.5 Å². The average molecular weight is 405 g/mol. The number of carbonyl (C=O) groups excluding carboxylic acids is 3. The van der Waals surface area contributed by atoms with Crippen molar-refractivity contribution in [3.05, 3.63) is 71.8 Å². The fourth-order valence-electron chi connectivity index (χ4n) is 2.28. The third-order valence-corrected chi connectivity index (χ3v) is 5.50. The molecule has 0 saturated heterocycles. The Morgan fingerprint density at radius 3 is 1.96 bits per heavy atom. The summed E-state index contributed by atoms with van der Waals surface area (Å²) in [5, 5.41) is -0.743. The molecule has 0 spiro atoms. The Labute approximate surface area is 167 Å². The molecule has 0 fully saturated rings. The topological polar surface area (TPSA) is 51.2 Å². The maximum absolute atomic E-state index is 12.2. The summed E-state index contributed by atoms with van der Waals surface area (Å²) in [4.78, 5) is 36.4. The lowest BCUT2D eigenvalue weighted by Crippen LogP contribution is -2.23. The van der Waals surface area contributed by atoms with Gasteiger partial charge in [-0.2, -0.15) is 0 Å². The van der Waals surface area contributed by atoms with Crippen molar-refractivity contribution in [1.82, 2.24) is 0 Å². The van der Waals surface area contributed by atoms with E-state index < -0.39 is 11.2 Å². The molecule has 0 aliphatic heterocycles. The van der Waals surface area contributed by atoms with Gasteiger partial charge in [-0.25, -0.2) is 0 Å². The SMILES string of the molecule is O=C(CCC(=S)[C@H](CSC(=O)c1ccccc1)C(=O)Cl)c1ccccc1. The lowest BCUT2D eigenvalue weighted by Gasteiger charge is -2.13. The predicted octanol–water partition coefficient (Wildman–Crippen LogP) is 4.97. The molecular weight excluding hydrogens is 388 g/mol. The highest BCUT2D eigenvalue weighted by Gasteiger charge is 2.24. The minimum absolute atomic E-state index is 0.0401. The lowest BCUT2D eigenvalue weighted by molar-refractivity contribution is -0.112. The maximum atomic E-state index is 12.2. The Hall–Kier alpha value is -1.82. The minimum Gasteiger partial charge on any atom is -0.294 e. The molecule has 2 aromatic carbocycles. The molecule has 1 atom stereocenters. The van der Waals surface area contributed by atoms with Crippen LogP contribution in [-0.4, -0.2) is 26.8 Å². The van der Waals surface area contributed by atoms with Gasteiger partial charge < -0.3 is 0 Å². The summed E-state index contributed by atoms with van der Waals surface area (Å²) in [5.41, 5.74) is 1.17. The molecular formula is C20H17ClO3S2. The molecule has 0 unspecified atom stereocenters. The molecule has 0 N–H and O–H groups in total. The van der Waals surface area contributed by atoms with E-state index in [1.165, 1.54) is 0 Å². The highest BCUT2D eigenvalue weighted by molar-refractivity contribution is 8.14. The van der Waals surface area contributed by atoms with E-state index >= 15 is 0 Å². The molecule has 0 aliphatic carbocycles. The summed E-state index contributed by atoms with van der Waals surface area (Å²) in [7, 11) is 0. The number of hydrogen-bond acceptors (Lipinski definition) is 5. The Balaban J connectivity index is 1.90. The van der Waals surface area contributed by atoms with E-state index in [2.05, 4.69) is 0 Å². The third kappa shape index (κ3) is 6.16. The van der Waals surface area contributed by atoms with E-state index in [9.17, 15) is 14.4 Å². The second-order valence-electron chi connectivity index (χ2n) is 5.58. The Kier molecular flexibility index (Phi) is 8.16. The van der Waals surface area contributed by atoms with Gasteiger partial charge in [0, 0.05) is 28.2 Å². The Bertz CT molecular complexity index is 791. The molecule has 6 heteroatoms. The Morgan fingerprint density at radius 1 is 0.885 bits per heavy atom. The number of carbonyl (C=O) groups is 3. The van der Waals surface area contributed by atoms with Gasteiger partial charge in [0.05, 0.1) is 5.92 Å². The summed E-state index contributed by atoms with van der Waals surface area (Å²) in [5.74, 6) is -0.594. The van der Waals surface area contributed by atoms with Crippen LogP contribution in [0.1, 0.15) is 33.6 Å². The summed E-state index contributed by atoms with van der Waals surface area (Å²) >= 11 is 12.0. The molecule has 2 aromatic rings. The number of hydrogen-bond donors (Lipinski definition) is 0. The fraction of sp³-hybridized carbons (Fsp3) is 0.200. The Morgan fingerprint density at radius 2 is 1.42 bits per heavy atom. The summed E-state index contributed by atoms with van der Waals surface area (Å²) in [6.45, 7) is 0. The number of thioether (sulfide) groups is 1. The van der Waals surface area contributed by atoms with Crippen molar-refractivity contribution in [3.63, 3.8) is 0 Å². The van der Waals surface area contributed by atoms with Crippen LogP contribution in [0.4, 0.5) is 0 Å². The van der Waals surface area contributed by atoms with Crippen LogP contribution >= 0.6 is 35.6 Å². The molecule has 0 amide bonds. The molecule has 0 heterocycles. The highest BCUT2D eigenvalue weighted by atomic mass is 35.5.